The van der Waals surface area contributed by atoms with Crippen molar-refractivity contribution in [2.75, 3.05) is 24.5 Å². The van der Waals surface area contributed by atoms with Gasteiger partial charge in [0.25, 0.3) is 0 Å². The number of aromatic nitrogens is 2. The lowest BCUT2D eigenvalue weighted by atomic mass is 10.1. The Morgan fingerprint density at radius 2 is 2.19 bits per heavy atom. The fraction of sp³-hybridized carbons (Fsp3) is 0.333. The van der Waals surface area contributed by atoms with Gasteiger partial charge in [-0.2, -0.15) is 10.2 Å². The molecule has 0 bridgehead atoms. The second kappa shape index (κ2) is 6.72. The van der Waals surface area contributed by atoms with E-state index in [0.29, 0.717) is 31.7 Å². The molecule has 0 N–H and O–H groups in total. The van der Waals surface area contributed by atoms with Crippen LogP contribution in [0, 0.1) is 17.1 Å². The number of fused-ring (bicyclic) bond motifs is 3. The van der Waals surface area contributed by atoms with E-state index < -0.39 is 11.5 Å². The van der Waals surface area contributed by atoms with Gasteiger partial charge < -0.3 is 14.5 Å². The number of nitrogens with zero attached hydrogens (tertiary/aromatic N) is 5. The Bertz CT molecular complexity index is 999. The molecule has 1 aromatic heterocycles. The highest BCUT2D eigenvalue weighted by Crippen LogP contribution is 2.29. The summed E-state index contributed by atoms with van der Waals surface area (Å²) >= 11 is 0. The fourth-order valence-corrected chi connectivity index (χ4v) is 3.51. The summed E-state index contributed by atoms with van der Waals surface area (Å²) in [5.41, 5.74) is 0.133. The van der Waals surface area contributed by atoms with Crippen molar-refractivity contribution in [1.29, 1.82) is 5.26 Å². The Kier molecular flexibility index (Phi) is 4.24. The Morgan fingerprint density at radius 3 is 2.96 bits per heavy atom. The molecule has 1 fully saturated rings. The minimum atomic E-state index is -0.587. The van der Waals surface area contributed by atoms with Crippen molar-refractivity contribution in [1.82, 2.24) is 14.5 Å². The Hall–Kier alpha value is -3.41. The Balaban J connectivity index is 1.54. The van der Waals surface area contributed by atoms with E-state index in [-0.39, 0.29) is 24.1 Å². The lowest BCUT2D eigenvalue weighted by Gasteiger charge is -2.36. The summed E-state index contributed by atoms with van der Waals surface area (Å²) in [5, 5.41) is 8.90. The Morgan fingerprint density at radius 1 is 1.33 bits per heavy atom. The number of halogens is 1. The van der Waals surface area contributed by atoms with Crippen LogP contribution in [0.2, 0.25) is 0 Å². The van der Waals surface area contributed by atoms with E-state index in [2.05, 4.69) is 9.88 Å². The molecule has 8 nitrogen and oxygen atoms in total. The second-order valence-corrected chi connectivity index (χ2v) is 6.51. The number of ether oxygens (including phenoxy) is 1. The molecular formula is C18H16FN5O3. The topological polar surface area (TPSA) is 91.5 Å². The van der Waals surface area contributed by atoms with Gasteiger partial charge in [-0.1, -0.05) is 6.07 Å². The summed E-state index contributed by atoms with van der Waals surface area (Å²) in [6.45, 7) is 2.34. The predicted octanol–water partition coefficient (Wildman–Crippen LogP) is 0.494. The Labute approximate surface area is 154 Å². The van der Waals surface area contributed by atoms with Gasteiger partial charge in [-0.25, -0.2) is 9.18 Å². The third-order valence-electron chi connectivity index (χ3n) is 4.85. The van der Waals surface area contributed by atoms with E-state index >= 15 is 0 Å². The average molecular weight is 369 g/mol. The van der Waals surface area contributed by atoms with Crippen LogP contribution in [-0.4, -0.2) is 46.5 Å². The standard InChI is InChI=1S/C18H16FN5O3/c19-15-2-1-12(5-13(15)7-20)10-27-16-6-17-23-4-3-22(11-25)8-14(23)9-24(17)18(26)21-16/h1-2,5-6,11,14H,3-4,8-10H2. The minimum Gasteiger partial charge on any atom is -0.473 e. The molecule has 1 unspecified atom stereocenters. The number of nitriles is 1. The number of piperazine rings is 1. The van der Waals surface area contributed by atoms with Gasteiger partial charge in [0, 0.05) is 25.7 Å². The van der Waals surface area contributed by atoms with Crippen molar-refractivity contribution in [3.63, 3.8) is 0 Å². The van der Waals surface area contributed by atoms with Crippen LogP contribution in [0.15, 0.2) is 29.1 Å². The summed E-state index contributed by atoms with van der Waals surface area (Å²) in [4.78, 5) is 31.1. The largest absolute Gasteiger partial charge is 0.473 e. The lowest BCUT2D eigenvalue weighted by Crippen LogP contribution is -2.51. The van der Waals surface area contributed by atoms with Crippen LogP contribution in [0.25, 0.3) is 0 Å². The van der Waals surface area contributed by atoms with E-state index in [9.17, 15) is 14.0 Å². The summed E-state index contributed by atoms with van der Waals surface area (Å²) in [6, 6.07) is 7.66. The molecule has 0 aliphatic carbocycles. The average Bonchev–Trinajstić information content (AvgIpc) is 3.05. The molecular weight excluding hydrogens is 353 g/mol. The number of anilines is 1. The third-order valence-corrected chi connectivity index (χ3v) is 4.85. The fourth-order valence-electron chi connectivity index (χ4n) is 3.51. The number of rotatable bonds is 4. The quantitative estimate of drug-likeness (QED) is 0.729. The van der Waals surface area contributed by atoms with Crippen molar-refractivity contribution < 1.29 is 13.9 Å². The maximum atomic E-state index is 13.4. The molecule has 138 valence electrons. The molecule has 4 rings (SSSR count). The number of carbonyl (C=O) groups excluding carboxylic acids is 1. The SMILES string of the molecule is N#Cc1cc(COc2cc3n(c(=O)n2)CC2CN(C=O)CCN32)ccc1F. The first-order valence-corrected chi connectivity index (χ1v) is 8.48. The monoisotopic (exact) mass is 369 g/mol. The van der Waals surface area contributed by atoms with E-state index in [0.717, 1.165) is 12.2 Å². The lowest BCUT2D eigenvalue weighted by molar-refractivity contribution is -0.118. The van der Waals surface area contributed by atoms with Crippen LogP contribution < -0.4 is 15.3 Å². The number of amides is 1. The molecule has 0 saturated carbocycles. The van der Waals surface area contributed by atoms with Crippen LogP contribution in [0.5, 0.6) is 5.88 Å². The summed E-state index contributed by atoms with van der Waals surface area (Å²) in [7, 11) is 0. The maximum absolute atomic E-state index is 13.4. The number of benzene rings is 1. The van der Waals surface area contributed by atoms with Crippen molar-refractivity contribution >= 4 is 12.2 Å². The van der Waals surface area contributed by atoms with Crippen molar-refractivity contribution in [2.45, 2.75) is 19.2 Å². The molecule has 27 heavy (non-hydrogen) atoms. The van der Waals surface area contributed by atoms with Gasteiger partial charge in [0.05, 0.1) is 18.2 Å². The van der Waals surface area contributed by atoms with Crippen molar-refractivity contribution in [2.24, 2.45) is 0 Å². The zero-order valence-electron chi connectivity index (χ0n) is 14.3. The summed E-state index contributed by atoms with van der Waals surface area (Å²) in [5.74, 6) is 0.306. The molecule has 2 aromatic rings. The van der Waals surface area contributed by atoms with E-state index in [4.69, 9.17) is 10.00 Å². The molecule has 0 radical (unpaired) electrons. The van der Waals surface area contributed by atoms with Crippen molar-refractivity contribution in [3.05, 3.63) is 51.7 Å². The molecule has 3 heterocycles. The van der Waals surface area contributed by atoms with Gasteiger partial charge in [-0.05, 0) is 17.7 Å². The second-order valence-electron chi connectivity index (χ2n) is 6.51. The van der Waals surface area contributed by atoms with Crippen LogP contribution >= 0.6 is 0 Å². The van der Waals surface area contributed by atoms with Crippen LogP contribution in [0.1, 0.15) is 11.1 Å². The van der Waals surface area contributed by atoms with Gasteiger partial charge >= 0.3 is 5.69 Å². The highest BCUT2D eigenvalue weighted by molar-refractivity contribution is 5.52. The van der Waals surface area contributed by atoms with Gasteiger partial charge in [0.2, 0.25) is 12.3 Å². The number of carbonyl (C=O) groups is 1. The van der Waals surface area contributed by atoms with Crippen LogP contribution in [0.4, 0.5) is 10.2 Å². The molecule has 1 amide bonds. The summed E-state index contributed by atoms with van der Waals surface area (Å²) < 4.78 is 20.6. The smallest absolute Gasteiger partial charge is 0.352 e. The van der Waals surface area contributed by atoms with Gasteiger partial charge in [-0.15, -0.1) is 0 Å². The highest BCUT2D eigenvalue weighted by Gasteiger charge is 2.35. The van der Waals surface area contributed by atoms with Crippen LogP contribution in [0.3, 0.4) is 0 Å². The molecule has 2 aliphatic rings. The first kappa shape index (κ1) is 17.0. The van der Waals surface area contributed by atoms with E-state index in [1.165, 1.54) is 18.2 Å². The molecule has 1 saturated heterocycles. The first-order chi connectivity index (χ1) is 13.1. The van der Waals surface area contributed by atoms with Gasteiger partial charge in [0.1, 0.15) is 24.3 Å². The molecule has 1 atom stereocenters. The molecule has 1 aromatic carbocycles. The predicted molar refractivity (Wildman–Crippen MR) is 92.7 cm³/mol. The van der Waals surface area contributed by atoms with E-state index in [1.54, 1.807) is 21.6 Å². The number of hydrogen-bond donors (Lipinski definition) is 0. The van der Waals surface area contributed by atoms with Crippen LogP contribution in [-0.2, 0) is 17.9 Å². The van der Waals surface area contributed by atoms with Crippen molar-refractivity contribution in [3.8, 4) is 11.9 Å². The zero-order valence-corrected chi connectivity index (χ0v) is 14.3. The molecule has 2 aliphatic heterocycles. The number of hydrogen-bond acceptors (Lipinski definition) is 6. The van der Waals surface area contributed by atoms with Gasteiger partial charge in [0.15, 0.2) is 0 Å². The molecule has 0 spiro atoms. The minimum absolute atomic E-state index is 0.0454. The first-order valence-electron chi connectivity index (χ1n) is 8.48. The van der Waals surface area contributed by atoms with Gasteiger partial charge in [-0.3, -0.25) is 9.36 Å². The third kappa shape index (κ3) is 3.10. The maximum Gasteiger partial charge on any atom is 0.352 e. The normalized spacial score (nSPS) is 17.9. The molecule has 9 heteroatoms. The summed E-state index contributed by atoms with van der Waals surface area (Å²) in [6.07, 6.45) is 0.827. The van der Waals surface area contributed by atoms with E-state index in [1.807, 2.05) is 0 Å². The highest BCUT2D eigenvalue weighted by atomic mass is 19.1. The zero-order chi connectivity index (χ0) is 19.0.